The highest BCUT2D eigenvalue weighted by Crippen LogP contribution is 2.28. The lowest BCUT2D eigenvalue weighted by Crippen LogP contribution is -2.47. The van der Waals surface area contributed by atoms with Crippen LogP contribution in [0.15, 0.2) is 66.0 Å². The third-order valence-electron chi connectivity index (χ3n) is 6.20. The Kier molecular flexibility index (Phi) is 5.01. The fourth-order valence-corrected chi connectivity index (χ4v) is 4.44. The van der Waals surface area contributed by atoms with E-state index in [1.165, 1.54) is 11.1 Å². The van der Waals surface area contributed by atoms with Crippen LogP contribution < -0.4 is 10.2 Å². The number of anilines is 3. The standard InChI is InChI=1S/C25H24N6O2/c32-15-22-16-33-10-9-31(22)21-5-3-20(4-6-21)28-24-25-27-7-8-30(25)14-23(29-24)17-1-2-18-12-26-13-19(18)11-17/h1-8,11-12,14,22,32H,9-10,13,15-16H2,(H,28,29)/t22-/m1/s1. The molecular weight excluding hydrogens is 416 g/mol. The van der Waals surface area contributed by atoms with Crippen molar-refractivity contribution in [1.29, 1.82) is 0 Å². The number of hydrogen-bond acceptors (Lipinski definition) is 7. The molecule has 0 bridgehead atoms. The van der Waals surface area contributed by atoms with E-state index in [1.807, 2.05) is 35.1 Å². The van der Waals surface area contributed by atoms with Crippen LogP contribution in [0.1, 0.15) is 11.1 Å². The molecule has 0 unspecified atom stereocenters. The molecule has 2 aromatic heterocycles. The number of nitrogens with one attached hydrogen (secondary N) is 1. The molecule has 2 aromatic carbocycles. The summed E-state index contributed by atoms with van der Waals surface area (Å²) >= 11 is 0. The lowest BCUT2D eigenvalue weighted by molar-refractivity contribution is 0.0727. The molecule has 166 valence electrons. The van der Waals surface area contributed by atoms with E-state index in [-0.39, 0.29) is 12.6 Å². The monoisotopic (exact) mass is 440 g/mol. The highest BCUT2D eigenvalue weighted by Gasteiger charge is 2.22. The van der Waals surface area contributed by atoms with Crippen molar-refractivity contribution in [2.45, 2.75) is 12.6 Å². The normalized spacial score (nSPS) is 17.5. The van der Waals surface area contributed by atoms with E-state index in [0.29, 0.717) is 25.6 Å². The third-order valence-corrected chi connectivity index (χ3v) is 6.20. The van der Waals surface area contributed by atoms with Crippen molar-refractivity contribution in [2.75, 3.05) is 36.6 Å². The topological polar surface area (TPSA) is 87.3 Å². The van der Waals surface area contributed by atoms with Gasteiger partial charge in [-0.25, -0.2) is 9.97 Å². The van der Waals surface area contributed by atoms with Crippen LogP contribution in [0, 0.1) is 0 Å². The number of fused-ring (bicyclic) bond motifs is 2. The summed E-state index contributed by atoms with van der Waals surface area (Å²) < 4.78 is 7.48. The number of aromatic nitrogens is 3. The van der Waals surface area contributed by atoms with Crippen molar-refractivity contribution in [3.05, 3.63) is 72.2 Å². The van der Waals surface area contributed by atoms with Crippen LogP contribution in [-0.2, 0) is 11.3 Å². The minimum atomic E-state index is -0.0156. The average Bonchev–Trinajstić information content (AvgIpc) is 3.53. The number of hydrogen-bond donors (Lipinski definition) is 2. The largest absolute Gasteiger partial charge is 0.394 e. The van der Waals surface area contributed by atoms with Crippen molar-refractivity contribution in [3.63, 3.8) is 0 Å². The zero-order valence-electron chi connectivity index (χ0n) is 18.1. The van der Waals surface area contributed by atoms with E-state index >= 15 is 0 Å². The zero-order valence-corrected chi connectivity index (χ0v) is 18.1. The Bertz CT molecular complexity index is 1330. The summed E-state index contributed by atoms with van der Waals surface area (Å²) in [6.45, 7) is 2.76. The summed E-state index contributed by atoms with van der Waals surface area (Å²) in [7, 11) is 0. The fourth-order valence-electron chi connectivity index (χ4n) is 4.44. The van der Waals surface area contributed by atoms with Gasteiger partial charge in [-0.3, -0.25) is 4.99 Å². The van der Waals surface area contributed by atoms with E-state index in [4.69, 9.17) is 9.72 Å². The number of aliphatic hydroxyl groups is 1. The van der Waals surface area contributed by atoms with Gasteiger partial charge in [0.05, 0.1) is 38.1 Å². The summed E-state index contributed by atoms with van der Waals surface area (Å²) in [4.78, 5) is 15.9. The number of morpholine rings is 1. The molecule has 2 aliphatic heterocycles. The summed E-state index contributed by atoms with van der Waals surface area (Å²) in [6.07, 6.45) is 7.63. The van der Waals surface area contributed by atoms with Crippen molar-refractivity contribution in [1.82, 2.24) is 14.4 Å². The number of imidazole rings is 1. The number of rotatable bonds is 5. The number of nitrogens with zero attached hydrogens (tertiary/aromatic N) is 5. The van der Waals surface area contributed by atoms with Gasteiger partial charge in [-0.05, 0) is 41.5 Å². The molecule has 6 rings (SSSR count). The molecule has 33 heavy (non-hydrogen) atoms. The molecule has 0 spiro atoms. The van der Waals surface area contributed by atoms with Crippen LogP contribution in [0.2, 0.25) is 0 Å². The summed E-state index contributed by atoms with van der Waals surface area (Å²) in [5.41, 5.74) is 7.06. The summed E-state index contributed by atoms with van der Waals surface area (Å²) in [6, 6.07) is 14.5. The molecule has 1 fully saturated rings. The Balaban J connectivity index is 1.30. The molecule has 0 amide bonds. The van der Waals surface area contributed by atoms with Gasteiger partial charge in [0, 0.05) is 48.3 Å². The predicted molar refractivity (Wildman–Crippen MR) is 128 cm³/mol. The van der Waals surface area contributed by atoms with E-state index < -0.39 is 0 Å². The Morgan fingerprint density at radius 3 is 2.94 bits per heavy atom. The molecule has 2 N–H and O–H groups in total. The molecule has 0 radical (unpaired) electrons. The molecule has 8 nitrogen and oxygen atoms in total. The molecule has 4 aromatic rings. The first-order valence-electron chi connectivity index (χ1n) is 11.1. The lowest BCUT2D eigenvalue weighted by atomic mass is 10.0. The van der Waals surface area contributed by atoms with Gasteiger partial charge in [0.15, 0.2) is 11.5 Å². The molecule has 4 heterocycles. The molecule has 0 aliphatic carbocycles. The highest BCUT2D eigenvalue weighted by molar-refractivity contribution is 5.86. The van der Waals surface area contributed by atoms with Crippen LogP contribution in [0.25, 0.3) is 16.9 Å². The maximum absolute atomic E-state index is 9.67. The highest BCUT2D eigenvalue weighted by atomic mass is 16.5. The quantitative estimate of drug-likeness (QED) is 0.495. The predicted octanol–water partition coefficient (Wildman–Crippen LogP) is 3.27. The first-order chi connectivity index (χ1) is 16.3. The zero-order chi connectivity index (χ0) is 22.2. The Morgan fingerprint density at radius 1 is 1.15 bits per heavy atom. The maximum atomic E-state index is 9.67. The van der Waals surface area contributed by atoms with E-state index in [0.717, 1.165) is 34.8 Å². The average molecular weight is 441 g/mol. The SMILES string of the molecule is OC[C@@H]1COCCN1c1ccc(Nc2nc(-c3ccc4c(c3)CN=C4)cn3ccnc23)cc1. The van der Waals surface area contributed by atoms with Crippen molar-refractivity contribution >= 4 is 29.1 Å². The molecule has 1 atom stereocenters. The van der Waals surface area contributed by atoms with Crippen LogP contribution in [0.5, 0.6) is 0 Å². The number of aliphatic hydroxyl groups excluding tert-OH is 1. The second-order valence-corrected chi connectivity index (χ2v) is 8.29. The second kappa shape index (κ2) is 8.31. The summed E-state index contributed by atoms with van der Waals surface area (Å²) in [5.74, 6) is 0.696. The smallest absolute Gasteiger partial charge is 0.180 e. The first kappa shape index (κ1) is 19.9. The van der Waals surface area contributed by atoms with Gasteiger partial charge < -0.3 is 24.5 Å². The van der Waals surface area contributed by atoms with Gasteiger partial charge in [-0.2, -0.15) is 0 Å². The minimum Gasteiger partial charge on any atom is -0.394 e. The van der Waals surface area contributed by atoms with Gasteiger partial charge in [0.2, 0.25) is 0 Å². The Labute approximate surface area is 191 Å². The van der Waals surface area contributed by atoms with Gasteiger partial charge in [-0.1, -0.05) is 12.1 Å². The van der Waals surface area contributed by atoms with Gasteiger partial charge in [0.25, 0.3) is 0 Å². The molecule has 8 heteroatoms. The van der Waals surface area contributed by atoms with Crippen LogP contribution in [0.3, 0.4) is 0 Å². The van der Waals surface area contributed by atoms with E-state index in [9.17, 15) is 5.11 Å². The lowest BCUT2D eigenvalue weighted by Gasteiger charge is -2.36. The maximum Gasteiger partial charge on any atom is 0.180 e. The fraction of sp³-hybridized carbons (Fsp3) is 0.240. The second-order valence-electron chi connectivity index (χ2n) is 8.29. The number of ether oxygens (including phenoxy) is 1. The third kappa shape index (κ3) is 3.73. The van der Waals surface area contributed by atoms with Gasteiger partial charge in [-0.15, -0.1) is 0 Å². The minimum absolute atomic E-state index is 0.0156. The molecular formula is C25H24N6O2. The van der Waals surface area contributed by atoms with Crippen LogP contribution in [-0.4, -0.2) is 58.1 Å². The molecule has 0 saturated carbocycles. The van der Waals surface area contributed by atoms with Gasteiger partial charge >= 0.3 is 0 Å². The molecule has 2 aliphatic rings. The van der Waals surface area contributed by atoms with Gasteiger partial charge in [0.1, 0.15) is 0 Å². The Morgan fingerprint density at radius 2 is 2.06 bits per heavy atom. The summed E-state index contributed by atoms with van der Waals surface area (Å²) in [5, 5.41) is 13.1. The van der Waals surface area contributed by atoms with Crippen molar-refractivity contribution in [2.24, 2.45) is 4.99 Å². The van der Waals surface area contributed by atoms with E-state index in [1.54, 1.807) is 6.20 Å². The van der Waals surface area contributed by atoms with E-state index in [2.05, 4.69) is 50.5 Å². The van der Waals surface area contributed by atoms with Crippen molar-refractivity contribution in [3.8, 4) is 11.3 Å². The van der Waals surface area contributed by atoms with Crippen molar-refractivity contribution < 1.29 is 9.84 Å². The van der Waals surface area contributed by atoms with Crippen LogP contribution >= 0.6 is 0 Å². The number of aliphatic imine (C=N–C) groups is 1. The van der Waals surface area contributed by atoms with Crippen LogP contribution in [0.4, 0.5) is 17.2 Å². The first-order valence-corrected chi connectivity index (χ1v) is 11.1. The Hall–Kier alpha value is -3.75. The number of benzene rings is 2. The molecule has 1 saturated heterocycles.